The monoisotopic (exact) mass is 345 g/mol. The molecule has 0 saturated heterocycles. The fourth-order valence-corrected chi connectivity index (χ4v) is 2.58. The molecule has 0 radical (unpaired) electrons. The zero-order chi connectivity index (χ0) is 15.1. The molecular formula is C14H8BrN3O3. The van der Waals surface area contributed by atoms with Crippen LogP contribution >= 0.6 is 15.9 Å². The van der Waals surface area contributed by atoms with Crippen LogP contribution in [0.3, 0.4) is 0 Å². The summed E-state index contributed by atoms with van der Waals surface area (Å²) in [6.07, 6.45) is 1.49. The molecule has 1 aliphatic rings. The first-order valence-electron chi connectivity index (χ1n) is 5.94. The van der Waals surface area contributed by atoms with Gasteiger partial charge in [0.15, 0.2) is 0 Å². The first kappa shape index (κ1) is 13.4. The van der Waals surface area contributed by atoms with E-state index >= 15 is 0 Å². The molecular weight excluding hydrogens is 338 g/mol. The number of hydrogen-bond acceptors (Lipinski definition) is 5. The maximum atomic E-state index is 12.4. The molecule has 0 bridgehead atoms. The van der Waals surface area contributed by atoms with Crippen molar-refractivity contribution in [3.05, 3.63) is 57.8 Å². The Hall–Kier alpha value is -2.54. The van der Waals surface area contributed by atoms with Gasteiger partial charge >= 0.3 is 0 Å². The number of hydrogen-bond donors (Lipinski definition) is 1. The number of anilines is 1. The van der Waals surface area contributed by atoms with Gasteiger partial charge in [-0.2, -0.15) is 0 Å². The summed E-state index contributed by atoms with van der Waals surface area (Å²) in [5, 5.41) is 0. The summed E-state index contributed by atoms with van der Waals surface area (Å²) >= 11 is 3.13. The molecule has 1 aromatic heterocycles. The summed E-state index contributed by atoms with van der Waals surface area (Å²) in [7, 11) is 0. The Morgan fingerprint density at radius 2 is 1.90 bits per heavy atom. The molecule has 0 saturated carbocycles. The van der Waals surface area contributed by atoms with Crippen molar-refractivity contribution >= 4 is 39.3 Å². The zero-order valence-corrected chi connectivity index (χ0v) is 12.1. The van der Waals surface area contributed by atoms with E-state index in [9.17, 15) is 14.4 Å². The van der Waals surface area contributed by atoms with Crippen LogP contribution in [0, 0.1) is 0 Å². The predicted molar refractivity (Wildman–Crippen MR) is 77.6 cm³/mol. The largest absolute Gasteiger partial charge is 0.398 e. The van der Waals surface area contributed by atoms with E-state index in [2.05, 4.69) is 20.9 Å². The number of nitrogens with zero attached hydrogens (tertiary/aromatic N) is 2. The molecule has 1 aliphatic heterocycles. The maximum Gasteiger partial charge on any atom is 0.270 e. The Bertz CT molecular complexity index is 804. The summed E-state index contributed by atoms with van der Waals surface area (Å²) in [4.78, 5) is 41.5. The molecule has 2 heterocycles. The van der Waals surface area contributed by atoms with Crippen molar-refractivity contribution in [2.75, 3.05) is 5.73 Å². The second-order valence-electron chi connectivity index (χ2n) is 4.36. The zero-order valence-electron chi connectivity index (χ0n) is 10.5. The van der Waals surface area contributed by atoms with Crippen LogP contribution in [0.5, 0.6) is 0 Å². The highest BCUT2D eigenvalue weighted by Gasteiger charge is 2.41. The third kappa shape index (κ3) is 1.93. The normalized spacial score (nSPS) is 13.5. The fraction of sp³-hybridized carbons (Fsp3) is 0. The van der Waals surface area contributed by atoms with Crippen LogP contribution in [-0.2, 0) is 0 Å². The number of fused-ring (bicyclic) bond motifs is 1. The van der Waals surface area contributed by atoms with Crippen molar-refractivity contribution in [2.24, 2.45) is 0 Å². The van der Waals surface area contributed by atoms with E-state index in [1.165, 1.54) is 24.4 Å². The van der Waals surface area contributed by atoms with Crippen molar-refractivity contribution in [1.82, 2.24) is 9.88 Å². The Morgan fingerprint density at radius 3 is 2.57 bits per heavy atom. The first-order valence-corrected chi connectivity index (χ1v) is 6.74. The van der Waals surface area contributed by atoms with Gasteiger partial charge in [-0.3, -0.25) is 14.4 Å². The smallest absolute Gasteiger partial charge is 0.270 e. The highest BCUT2D eigenvalue weighted by Crippen LogP contribution is 2.29. The van der Waals surface area contributed by atoms with Gasteiger partial charge < -0.3 is 5.73 Å². The second-order valence-corrected chi connectivity index (χ2v) is 5.11. The van der Waals surface area contributed by atoms with Gasteiger partial charge in [-0.25, -0.2) is 9.88 Å². The SMILES string of the molecule is Nc1cccc2c1C(=O)N(C(=O)c1cccnc1Br)C2=O. The molecule has 2 N–H and O–H groups in total. The van der Waals surface area contributed by atoms with Gasteiger partial charge in [0.1, 0.15) is 4.60 Å². The Kier molecular flexibility index (Phi) is 3.06. The van der Waals surface area contributed by atoms with Crippen LogP contribution in [0.2, 0.25) is 0 Å². The van der Waals surface area contributed by atoms with Gasteiger partial charge in [0, 0.05) is 11.9 Å². The number of imide groups is 3. The van der Waals surface area contributed by atoms with Gasteiger partial charge in [0.05, 0.1) is 16.7 Å². The number of halogens is 1. The van der Waals surface area contributed by atoms with Crippen molar-refractivity contribution in [1.29, 1.82) is 0 Å². The highest BCUT2D eigenvalue weighted by molar-refractivity contribution is 9.10. The van der Waals surface area contributed by atoms with Gasteiger partial charge in [-0.15, -0.1) is 0 Å². The lowest BCUT2D eigenvalue weighted by Crippen LogP contribution is -2.36. The lowest BCUT2D eigenvalue weighted by Gasteiger charge is -2.12. The Morgan fingerprint density at radius 1 is 1.14 bits per heavy atom. The first-order chi connectivity index (χ1) is 10.0. The van der Waals surface area contributed by atoms with Gasteiger partial charge in [-0.05, 0) is 40.2 Å². The molecule has 0 aliphatic carbocycles. The minimum Gasteiger partial charge on any atom is -0.398 e. The van der Waals surface area contributed by atoms with E-state index in [0.29, 0.717) is 4.90 Å². The van der Waals surface area contributed by atoms with Crippen molar-refractivity contribution in [2.45, 2.75) is 0 Å². The van der Waals surface area contributed by atoms with Gasteiger partial charge in [-0.1, -0.05) is 6.07 Å². The molecule has 0 unspecified atom stereocenters. The predicted octanol–water partition coefficient (Wildman–Crippen LogP) is 1.86. The van der Waals surface area contributed by atoms with E-state index in [4.69, 9.17) is 5.73 Å². The average Bonchev–Trinajstić information content (AvgIpc) is 2.72. The molecule has 0 atom stereocenters. The van der Waals surface area contributed by atoms with E-state index in [-0.39, 0.29) is 27.0 Å². The molecule has 7 heteroatoms. The van der Waals surface area contributed by atoms with E-state index < -0.39 is 17.7 Å². The summed E-state index contributed by atoms with van der Waals surface area (Å²) in [5.41, 5.74) is 6.22. The lowest BCUT2D eigenvalue weighted by atomic mass is 10.1. The number of carbonyl (C=O) groups is 3. The molecule has 2 aromatic rings. The maximum absolute atomic E-state index is 12.4. The summed E-state index contributed by atoms with van der Waals surface area (Å²) < 4.78 is 0.263. The molecule has 0 spiro atoms. The molecule has 3 rings (SSSR count). The number of benzene rings is 1. The third-order valence-electron chi connectivity index (χ3n) is 3.14. The fourth-order valence-electron chi connectivity index (χ4n) is 2.16. The molecule has 3 amide bonds. The third-order valence-corrected chi connectivity index (χ3v) is 3.77. The lowest BCUT2D eigenvalue weighted by molar-refractivity contribution is 0.0566. The van der Waals surface area contributed by atoms with Crippen molar-refractivity contribution < 1.29 is 14.4 Å². The molecule has 21 heavy (non-hydrogen) atoms. The van der Waals surface area contributed by atoms with Crippen LogP contribution in [0.25, 0.3) is 0 Å². The summed E-state index contributed by atoms with van der Waals surface area (Å²) in [5.74, 6) is -2.13. The number of rotatable bonds is 1. The molecule has 1 aromatic carbocycles. The topological polar surface area (TPSA) is 93.4 Å². The van der Waals surface area contributed by atoms with Crippen LogP contribution in [-0.4, -0.2) is 27.6 Å². The minimum absolute atomic E-state index is 0.0656. The van der Waals surface area contributed by atoms with Gasteiger partial charge in [0.2, 0.25) is 0 Å². The van der Waals surface area contributed by atoms with Crippen LogP contribution < -0.4 is 5.73 Å². The standard InChI is InChI=1S/C14H8BrN3O3/c15-11-8(4-2-6-17-11)13(20)18-12(19)7-3-1-5-9(16)10(7)14(18)21/h1-6H,16H2. The van der Waals surface area contributed by atoms with E-state index in [0.717, 1.165) is 0 Å². The number of aromatic nitrogens is 1. The average molecular weight is 346 g/mol. The van der Waals surface area contributed by atoms with Crippen LogP contribution in [0.15, 0.2) is 41.1 Å². The van der Waals surface area contributed by atoms with E-state index in [1.54, 1.807) is 12.1 Å². The minimum atomic E-state index is -0.736. The molecule has 6 nitrogen and oxygen atoms in total. The number of amides is 3. The number of nitrogen functional groups attached to an aromatic ring is 1. The Balaban J connectivity index is 2.09. The number of nitrogens with two attached hydrogens (primary N) is 1. The number of pyridine rings is 1. The van der Waals surface area contributed by atoms with Crippen LogP contribution in [0.1, 0.15) is 31.1 Å². The number of carbonyl (C=O) groups excluding carboxylic acids is 3. The summed E-state index contributed by atoms with van der Waals surface area (Å²) in [6.45, 7) is 0. The van der Waals surface area contributed by atoms with Crippen LogP contribution in [0.4, 0.5) is 5.69 Å². The second kappa shape index (κ2) is 4.78. The van der Waals surface area contributed by atoms with E-state index in [1.807, 2.05) is 0 Å². The summed E-state index contributed by atoms with van der Waals surface area (Å²) in [6, 6.07) is 7.57. The van der Waals surface area contributed by atoms with Crippen molar-refractivity contribution in [3.8, 4) is 0 Å². The van der Waals surface area contributed by atoms with Gasteiger partial charge in [0.25, 0.3) is 17.7 Å². The van der Waals surface area contributed by atoms with Crippen molar-refractivity contribution in [3.63, 3.8) is 0 Å². The Labute approximate surface area is 127 Å². The molecule has 0 fully saturated rings. The molecule has 104 valence electrons. The quantitative estimate of drug-likeness (QED) is 0.483. The highest BCUT2D eigenvalue weighted by atomic mass is 79.9.